The molecule has 0 amide bonds. The van der Waals surface area contributed by atoms with Gasteiger partial charge in [0.05, 0.1) is 11.9 Å². The molecule has 3 aromatic rings. The molecule has 2 aromatic heterocycles. The number of benzene rings is 1. The van der Waals surface area contributed by atoms with Gasteiger partial charge in [-0.1, -0.05) is 0 Å². The first-order chi connectivity index (χ1) is 13.1. The molecule has 7 heteroatoms. The molecule has 4 rings (SSSR count). The Balaban J connectivity index is 1.48. The average Bonchev–Trinajstić information content (AvgIpc) is 3.36. The number of nitrogens with zero attached hydrogens (tertiary/aromatic N) is 4. The maximum atomic E-state index is 13.2. The van der Waals surface area contributed by atoms with Crippen molar-refractivity contribution in [1.82, 2.24) is 19.6 Å². The Morgan fingerprint density at radius 1 is 1.30 bits per heavy atom. The lowest BCUT2D eigenvalue weighted by molar-refractivity contribution is -0.139. The molecule has 0 radical (unpaired) electrons. The molecular formula is C20H19FN4O2. The van der Waals surface area contributed by atoms with E-state index in [1.165, 1.54) is 18.2 Å². The summed E-state index contributed by atoms with van der Waals surface area (Å²) in [6.07, 6.45) is 9.38. The maximum Gasteiger partial charge on any atom is 0.331 e. The Labute approximate surface area is 155 Å². The van der Waals surface area contributed by atoms with Gasteiger partial charge in [-0.3, -0.25) is 4.68 Å². The molecule has 1 aliphatic carbocycles. The molecule has 1 aliphatic rings. The summed E-state index contributed by atoms with van der Waals surface area (Å²) in [6.45, 7) is 0.118. The number of fused-ring (bicyclic) bond motifs is 1. The molecule has 2 heterocycles. The number of aromatic nitrogens is 4. The minimum Gasteiger partial charge on any atom is -0.456 e. The van der Waals surface area contributed by atoms with E-state index in [0.29, 0.717) is 0 Å². The Bertz CT molecular complexity index is 1000. The van der Waals surface area contributed by atoms with E-state index >= 15 is 0 Å². The van der Waals surface area contributed by atoms with Gasteiger partial charge in [0, 0.05) is 36.1 Å². The van der Waals surface area contributed by atoms with Crippen LogP contribution in [0.3, 0.4) is 0 Å². The van der Waals surface area contributed by atoms with Crippen LogP contribution in [0, 0.1) is 5.82 Å². The van der Waals surface area contributed by atoms with Crippen LogP contribution in [-0.4, -0.2) is 25.5 Å². The largest absolute Gasteiger partial charge is 0.456 e. The van der Waals surface area contributed by atoms with Crippen LogP contribution in [0.5, 0.6) is 0 Å². The summed E-state index contributed by atoms with van der Waals surface area (Å²) in [6, 6.07) is 6.24. The molecule has 0 bridgehead atoms. The monoisotopic (exact) mass is 366 g/mol. The lowest BCUT2D eigenvalue weighted by atomic mass is 10.2. The molecule has 0 saturated heterocycles. The summed E-state index contributed by atoms with van der Waals surface area (Å²) in [4.78, 5) is 12.0. The third-order valence-corrected chi connectivity index (χ3v) is 4.57. The van der Waals surface area contributed by atoms with E-state index in [1.54, 1.807) is 35.3 Å². The molecular weight excluding hydrogens is 347 g/mol. The van der Waals surface area contributed by atoms with Crippen molar-refractivity contribution < 1.29 is 13.9 Å². The van der Waals surface area contributed by atoms with E-state index in [9.17, 15) is 9.18 Å². The van der Waals surface area contributed by atoms with Gasteiger partial charge < -0.3 is 4.74 Å². The van der Waals surface area contributed by atoms with Crippen molar-refractivity contribution in [3.05, 3.63) is 71.1 Å². The molecule has 0 atom stereocenters. The molecule has 1 aromatic carbocycles. The minimum atomic E-state index is -0.429. The van der Waals surface area contributed by atoms with Crippen LogP contribution in [0.2, 0.25) is 0 Å². The van der Waals surface area contributed by atoms with Gasteiger partial charge in [0.25, 0.3) is 0 Å². The number of rotatable bonds is 5. The second-order valence-corrected chi connectivity index (χ2v) is 6.50. The predicted octanol–water partition coefficient (Wildman–Crippen LogP) is 2.99. The third kappa shape index (κ3) is 3.67. The first-order valence-corrected chi connectivity index (χ1v) is 8.79. The Hall–Kier alpha value is -3.22. The van der Waals surface area contributed by atoms with Gasteiger partial charge in [-0.2, -0.15) is 10.2 Å². The van der Waals surface area contributed by atoms with Crippen LogP contribution in [-0.2, 0) is 36.0 Å². The fourth-order valence-corrected chi connectivity index (χ4v) is 3.30. The van der Waals surface area contributed by atoms with Crippen LogP contribution in [0.15, 0.2) is 42.7 Å². The highest BCUT2D eigenvalue weighted by Gasteiger charge is 2.23. The Kier molecular flexibility index (Phi) is 4.58. The van der Waals surface area contributed by atoms with E-state index in [4.69, 9.17) is 4.74 Å². The quantitative estimate of drug-likeness (QED) is 0.514. The summed E-state index contributed by atoms with van der Waals surface area (Å²) in [7, 11) is 1.81. The highest BCUT2D eigenvalue weighted by atomic mass is 19.1. The zero-order chi connectivity index (χ0) is 18.8. The highest BCUT2D eigenvalue weighted by molar-refractivity contribution is 5.86. The van der Waals surface area contributed by atoms with Crippen LogP contribution >= 0.6 is 0 Å². The van der Waals surface area contributed by atoms with Gasteiger partial charge in [-0.05, 0) is 49.6 Å². The zero-order valence-electron chi connectivity index (χ0n) is 14.9. The van der Waals surface area contributed by atoms with Gasteiger partial charge in [-0.15, -0.1) is 0 Å². The van der Waals surface area contributed by atoms with Crippen molar-refractivity contribution in [2.75, 3.05) is 0 Å². The second kappa shape index (κ2) is 7.19. The van der Waals surface area contributed by atoms with Gasteiger partial charge in [0.2, 0.25) is 0 Å². The van der Waals surface area contributed by atoms with E-state index in [1.807, 2.05) is 11.7 Å². The van der Waals surface area contributed by atoms with Crippen molar-refractivity contribution >= 4 is 12.0 Å². The van der Waals surface area contributed by atoms with Gasteiger partial charge in [-0.25, -0.2) is 13.9 Å². The fourth-order valence-electron chi connectivity index (χ4n) is 3.30. The van der Waals surface area contributed by atoms with Crippen molar-refractivity contribution in [3.8, 4) is 5.69 Å². The topological polar surface area (TPSA) is 61.9 Å². The van der Waals surface area contributed by atoms with E-state index < -0.39 is 5.97 Å². The minimum absolute atomic E-state index is 0.118. The van der Waals surface area contributed by atoms with E-state index in [-0.39, 0.29) is 12.4 Å². The fraction of sp³-hybridized carbons (Fsp3) is 0.250. The van der Waals surface area contributed by atoms with Crippen LogP contribution in [0.4, 0.5) is 4.39 Å². The highest BCUT2D eigenvalue weighted by Crippen LogP contribution is 2.28. The van der Waals surface area contributed by atoms with Crippen LogP contribution in [0.1, 0.15) is 28.9 Å². The number of esters is 1. The van der Waals surface area contributed by atoms with E-state index in [2.05, 4.69) is 10.2 Å². The summed E-state index contributed by atoms with van der Waals surface area (Å²) in [5.74, 6) is -0.709. The van der Waals surface area contributed by atoms with Crippen molar-refractivity contribution in [3.63, 3.8) is 0 Å². The molecule has 0 saturated carbocycles. The molecule has 0 N–H and O–H groups in total. The first-order valence-electron chi connectivity index (χ1n) is 8.79. The third-order valence-electron chi connectivity index (χ3n) is 4.57. The smallest absolute Gasteiger partial charge is 0.331 e. The molecule has 0 fully saturated rings. The van der Waals surface area contributed by atoms with E-state index in [0.717, 1.165) is 47.5 Å². The van der Waals surface area contributed by atoms with Gasteiger partial charge in [0.1, 0.15) is 18.1 Å². The lowest BCUT2D eigenvalue weighted by Gasteiger charge is -2.05. The summed E-state index contributed by atoms with van der Waals surface area (Å²) < 4.78 is 22.0. The Morgan fingerprint density at radius 2 is 2.11 bits per heavy atom. The standard InChI is InChI=1S/C20H19FN4O2/c1-24-12-14(11-22-24)5-10-20(26)27-13-18-17-3-2-4-19(17)25(23-18)16-8-6-15(21)7-9-16/h5-12H,2-4,13H2,1H3/b10-5+. The average molecular weight is 366 g/mol. The SMILES string of the molecule is Cn1cc(/C=C/C(=O)OCc2nn(-c3ccc(F)cc3)c3c2CCC3)cn1. The molecule has 27 heavy (non-hydrogen) atoms. The number of hydrogen-bond donors (Lipinski definition) is 0. The first kappa shape index (κ1) is 17.2. The van der Waals surface area contributed by atoms with Crippen LogP contribution < -0.4 is 0 Å². The number of carbonyl (C=O) groups is 1. The summed E-state index contributed by atoms with van der Waals surface area (Å²) in [5.41, 5.74) is 4.64. The molecule has 0 unspecified atom stereocenters. The maximum absolute atomic E-state index is 13.2. The van der Waals surface area contributed by atoms with Crippen LogP contribution in [0.25, 0.3) is 11.8 Å². The zero-order valence-corrected chi connectivity index (χ0v) is 14.9. The van der Waals surface area contributed by atoms with Crippen molar-refractivity contribution in [2.45, 2.75) is 25.9 Å². The van der Waals surface area contributed by atoms with Gasteiger partial charge >= 0.3 is 5.97 Å². The molecule has 6 nitrogen and oxygen atoms in total. The number of hydrogen-bond acceptors (Lipinski definition) is 4. The van der Waals surface area contributed by atoms with Gasteiger partial charge in [0.15, 0.2) is 0 Å². The molecule has 0 spiro atoms. The second-order valence-electron chi connectivity index (χ2n) is 6.50. The number of carbonyl (C=O) groups excluding carboxylic acids is 1. The molecule has 138 valence electrons. The summed E-state index contributed by atoms with van der Waals surface area (Å²) >= 11 is 0. The molecule has 0 aliphatic heterocycles. The number of aryl methyl sites for hydroxylation is 1. The lowest BCUT2D eigenvalue weighted by Crippen LogP contribution is -2.04. The van der Waals surface area contributed by atoms with Crippen molar-refractivity contribution in [1.29, 1.82) is 0 Å². The summed E-state index contributed by atoms with van der Waals surface area (Å²) in [5, 5.41) is 8.65. The normalized spacial score (nSPS) is 13.3. The van der Waals surface area contributed by atoms with Crippen molar-refractivity contribution in [2.24, 2.45) is 7.05 Å². The number of ether oxygens (including phenoxy) is 1. The Morgan fingerprint density at radius 3 is 2.85 bits per heavy atom. The predicted molar refractivity (Wildman–Crippen MR) is 97.6 cm³/mol. The number of halogens is 1.